The highest BCUT2D eigenvalue weighted by Gasteiger charge is 2.12. The van der Waals surface area contributed by atoms with Crippen LogP contribution in [-0.4, -0.2) is 10.1 Å². The normalized spacial score (nSPS) is 10.8. The highest BCUT2D eigenvalue weighted by Crippen LogP contribution is 2.35. The van der Waals surface area contributed by atoms with Gasteiger partial charge in [-0.05, 0) is 36.4 Å². The van der Waals surface area contributed by atoms with Crippen molar-refractivity contribution >= 4 is 34.1 Å². The second-order valence-corrected chi connectivity index (χ2v) is 5.24. The van der Waals surface area contributed by atoms with E-state index in [-0.39, 0.29) is 6.61 Å². The zero-order valence-corrected chi connectivity index (χ0v) is 12.4. The van der Waals surface area contributed by atoms with E-state index in [0.717, 1.165) is 5.39 Å². The van der Waals surface area contributed by atoms with Gasteiger partial charge in [0.1, 0.15) is 11.3 Å². The van der Waals surface area contributed by atoms with E-state index in [1.165, 1.54) is 0 Å². The van der Waals surface area contributed by atoms with Gasteiger partial charge in [0.25, 0.3) is 0 Å². The van der Waals surface area contributed by atoms with Gasteiger partial charge in [-0.3, -0.25) is 4.98 Å². The summed E-state index contributed by atoms with van der Waals surface area (Å²) in [5, 5.41) is 11.3. The molecular weight excluding hydrogens is 309 g/mol. The molecule has 106 valence electrons. The SMILES string of the molecule is OCc1c(Cl)cccc1Oc1ccc(Cl)c2cccnc12. The van der Waals surface area contributed by atoms with Gasteiger partial charge in [-0.1, -0.05) is 29.3 Å². The molecule has 0 aliphatic heterocycles. The second kappa shape index (κ2) is 5.90. The number of aliphatic hydroxyl groups excluding tert-OH is 1. The van der Waals surface area contributed by atoms with E-state index in [4.69, 9.17) is 27.9 Å². The maximum absolute atomic E-state index is 9.43. The molecule has 3 aromatic rings. The Morgan fingerprint density at radius 1 is 0.952 bits per heavy atom. The molecule has 0 amide bonds. The first kappa shape index (κ1) is 14.1. The molecule has 0 atom stereocenters. The van der Waals surface area contributed by atoms with E-state index in [2.05, 4.69) is 4.98 Å². The fraction of sp³-hybridized carbons (Fsp3) is 0.0625. The summed E-state index contributed by atoms with van der Waals surface area (Å²) < 4.78 is 5.88. The van der Waals surface area contributed by atoms with Gasteiger partial charge in [-0.15, -0.1) is 0 Å². The fourth-order valence-corrected chi connectivity index (χ4v) is 2.54. The number of aromatic nitrogens is 1. The topological polar surface area (TPSA) is 42.4 Å². The molecule has 0 aliphatic rings. The number of nitrogens with zero attached hydrogens (tertiary/aromatic N) is 1. The highest BCUT2D eigenvalue weighted by molar-refractivity contribution is 6.35. The third-order valence-electron chi connectivity index (χ3n) is 3.13. The van der Waals surface area contributed by atoms with Gasteiger partial charge in [0.05, 0.1) is 11.6 Å². The Bertz CT molecular complexity index is 805. The first-order valence-corrected chi connectivity index (χ1v) is 7.05. The fourth-order valence-electron chi connectivity index (χ4n) is 2.10. The molecule has 0 aliphatic carbocycles. The molecule has 3 nitrogen and oxygen atoms in total. The first-order chi connectivity index (χ1) is 10.2. The Morgan fingerprint density at radius 2 is 1.81 bits per heavy atom. The number of hydrogen-bond donors (Lipinski definition) is 1. The van der Waals surface area contributed by atoms with Gasteiger partial charge in [0, 0.05) is 22.2 Å². The summed E-state index contributed by atoms with van der Waals surface area (Å²) in [5.41, 5.74) is 1.20. The molecule has 0 radical (unpaired) electrons. The lowest BCUT2D eigenvalue weighted by Crippen LogP contribution is -1.94. The average molecular weight is 320 g/mol. The molecule has 0 fully saturated rings. The van der Waals surface area contributed by atoms with Crippen molar-refractivity contribution in [2.24, 2.45) is 0 Å². The highest BCUT2D eigenvalue weighted by atomic mass is 35.5. The lowest BCUT2D eigenvalue weighted by molar-refractivity contribution is 0.276. The van der Waals surface area contributed by atoms with Crippen LogP contribution in [0, 0.1) is 0 Å². The third kappa shape index (κ3) is 2.68. The number of halogens is 2. The summed E-state index contributed by atoms with van der Waals surface area (Å²) in [4.78, 5) is 4.31. The van der Waals surface area contributed by atoms with Crippen molar-refractivity contribution in [3.8, 4) is 11.5 Å². The van der Waals surface area contributed by atoms with Crippen LogP contribution in [0.1, 0.15) is 5.56 Å². The van der Waals surface area contributed by atoms with E-state index >= 15 is 0 Å². The van der Waals surface area contributed by atoms with Crippen LogP contribution in [0.15, 0.2) is 48.7 Å². The van der Waals surface area contributed by atoms with Crippen LogP contribution >= 0.6 is 23.2 Å². The lowest BCUT2D eigenvalue weighted by atomic mass is 10.2. The Labute approximate surface area is 131 Å². The standard InChI is InChI=1S/C16H11Cl2NO2/c17-12-4-1-5-14(11(12)9-20)21-15-7-6-13(18)10-3-2-8-19-16(10)15/h1-8,20H,9H2. The van der Waals surface area contributed by atoms with Crippen LogP contribution in [0.3, 0.4) is 0 Å². The Hall–Kier alpha value is -1.81. The lowest BCUT2D eigenvalue weighted by Gasteiger charge is -2.12. The number of ether oxygens (including phenoxy) is 1. The molecule has 3 rings (SSSR count). The number of benzene rings is 2. The van der Waals surface area contributed by atoms with Crippen LogP contribution in [0.4, 0.5) is 0 Å². The van der Waals surface area contributed by atoms with E-state index in [1.807, 2.05) is 12.1 Å². The minimum atomic E-state index is -0.200. The van der Waals surface area contributed by atoms with E-state index in [9.17, 15) is 5.11 Å². The Morgan fingerprint density at radius 3 is 2.62 bits per heavy atom. The third-order valence-corrected chi connectivity index (χ3v) is 3.82. The molecule has 5 heteroatoms. The molecule has 2 aromatic carbocycles. The summed E-state index contributed by atoms with van der Waals surface area (Å²) in [6, 6.07) is 12.4. The quantitative estimate of drug-likeness (QED) is 0.752. The van der Waals surface area contributed by atoms with Crippen LogP contribution in [0.25, 0.3) is 10.9 Å². The molecule has 0 bridgehead atoms. The Kier molecular flexibility index (Phi) is 3.97. The van der Waals surface area contributed by atoms with E-state index in [0.29, 0.717) is 32.6 Å². The minimum Gasteiger partial charge on any atom is -0.455 e. The van der Waals surface area contributed by atoms with Crippen LogP contribution < -0.4 is 4.74 Å². The van der Waals surface area contributed by atoms with Crippen molar-refractivity contribution in [2.75, 3.05) is 0 Å². The monoisotopic (exact) mass is 319 g/mol. The average Bonchev–Trinajstić information content (AvgIpc) is 2.51. The van der Waals surface area contributed by atoms with Gasteiger partial charge < -0.3 is 9.84 Å². The molecule has 1 heterocycles. The van der Waals surface area contributed by atoms with Crippen molar-refractivity contribution in [3.05, 3.63) is 64.3 Å². The van der Waals surface area contributed by atoms with Crippen LogP contribution in [-0.2, 0) is 6.61 Å². The summed E-state index contributed by atoms with van der Waals surface area (Å²) in [7, 11) is 0. The minimum absolute atomic E-state index is 0.200. The van der Waals surface area contributed by atoms with Crippen molar-refractivity contribution < 1.29 is 9.84 Å². The van der Waals surface area contributed by atoms with Gasteiger partial charge in [0.2, 0.25) is 0 Å². The van der Waals surface area contributed by atoms with Crippen LogP contribution in [0.2, 0.25) is 10.0 Å². The number of aliphatic hydroxyl groups is 1. The zero-order valence-electron chi connectivity index (χ0n) is 10.9. The van der Waals surface area contributed by atoms with Crippen molar-refractivity contribution in [3.63, 3.8) is 0 Å². The van der Waals surface area contributed by atoms with Crippen molar-refractivity contribution in [1.29, 1.82) is 0 Å². The van der Waals surface area contributed by atoms with Crippen LogP contribution in [0.5, 0.6) is 11.5 Å². The number of hydrogen-bond acceptors (Lipinski definition) is 3. The largest absolute Gasteiger partial charge is 0.455 e. The molecule has 0 saturated carbocycles. The smallest absolute Gasteiger partial charge is 0.153 e. The van der Waals surface area contributed by atoms with E-state index < -0.39 is 0 Å². The molecular formula is C16H11Cl2NO2. The van der Waals surface area contributed by atoms with Crippen molar-refractivity contribution in [1.82, 2.24) is 4.98 Å². The van der Waals surface area contributed by atoms with E-state index in [1.54, 1.807) is 36.5 Å². The maximum Gasteiger partial charge on any atom is 0.153 e. The number of pyridine rings is 1. The molecule has 0 spiro atoms. The summed E-state index contributed by atoms with van der Waals surface area (Å²) in [6.45, 7) is -0.200. The first-order valence-electron chi connectivity index (χ1n) is 6.30. The maximum atomic E-state index is 9.43. The second-order valence-electron chi connectivity index (χ2n) is 4.42. The van der Waals surface area contributed by atoms with Gasteiger partial charge in [-0.2, -0.15) is 0 Å². The van der Waals surface area contributed by atoms with Gasteiger partial charge >= 0.3 is 0 Å². The Balaban J connectivity index is 2.11. The summed E-state index contributed by atoms with van der Waals surface area (Å²) in [6.07, 6.45) is 1.68. The molecule has 0 saturated heterocycles. The predicted octanol–water partition coefficient (Wildman–Crippen LogP) is 4.83. The molecule has 0 unspecified atom stereocenters. The predicted molar refractivity (Wildman–Crippen MR) is 84.2 cm³/mol. The van der Waals surface area contributed by atoms with Gasteiger partial charge in [-0.25, -0.2) is 0 Å². The molecule has 1 N–H and O–H groups in total. The van der Waals surface area contributed by atoms with Crippen molar-refractivity contribution in [2.45, 2.75) is 6.61 Å². The zero-order chi connectivity index (χ0) is 14.8. The molecule has 21 heavy (non-hydrogen) atoms. The molecule has 1 aromatic heterocycles. The summed E-state index contributed by atoms with van der Waals surface area (Å²) >= 11 is 12.2. The summed E-state index contributed by atoms with van der Waals surface area (Å²) in [5.74, 6) is 1.06. The number of rotatable bonds is 3. The number of fused-ring (bicyclic) bond motifs is 1. The van der Waals surface area contributed by atoms with Gasteiger partial charge in [0.15, 0.2) is 5.75 Å².